The van der Waals surface area contributed by atoms with Crippen molar-refractivity contribution in [3.05, 3.63) is 59.7 Å². The summed E-state index contributed by atoms with van der Waals surface area (Å²) in [4.78, 5) is 26.2. The number of primary amides is 1. The Hall–Kier alpha value is -3.32. The summed E-state index contributed by atoms with van der Waals surface area (Å²) in [6, 6.07) is 13.0. The minimum atomic E-state index is -0.279. The van der Waals surface area contributed by atoms with Crippen molar-refractivity contribution in [2.24, 2.45) is 11.7 Å². The molecular weight excluding hydrogens is 418 g/mol. The second-order valence-electron chi connectivity index (χ2n) is 8.67. The molecule has 2 aromatic rings. The van der Waals surface area contributed by atoms with Gasteiger partial charge in [0.1, 0.15) is 0 Å². The number of methoxy groups -OCH3 is 1. The fourth-order valence-corrected chi connectivity index (χ4v) is 3.84. The highest BCUT2D eigenvalue weighted by atomic mass is 16.5. The average Bonchev–Trinajstić information content (AvgIpc) is 3.25. The molecule has 0 radical (unpaired) electrons. The van der Waals surface area contributed by atoms with Crippen molar-refractivity contribution in [2.45, 2.75) is 39.3 Å². The molecule has 1 saturated heterocycles. The summed E-state index contributed by atoms with van der Waals surface area (Å²) < 4.78 is 11.2. The number of anilines is 1. The molecule has 1 aliphatic rings. The maximum Gasteiger partial charge on any atom is 0.248 e. The zero-order valence-electron chi connectivity index (χ0n) is 19.5. The lowest BCUT2D eigenvalue weighted by Gasteiger charge is -2.22. The number of hydrogen-bond acceptors (Lipinski definition) is 5. The highest BCUT2D eigenvalue weighted by molar-refractivity contribution is 6.02. The van der Waals surface area contributed by atoms with E-state index in [9.17, 15) is 9.59 Å². The van der Waals surface area contributed by atoms with E-state index < -0.39 is 0 Å². The van der Waals surface area contributed by atoms with Crippen LogP contribution < -0.4 is 20.5 Å². The van der Waals surface area contributed by atoms with Gasteiger partial charge in [0.25, 0.3) is 0 Å². The van der Waals surface area contributed by atoms with Crippen molar-refractivity contribution < 1.29 is 19.1 Å². The number of hydrogen-bond donors (Lipinski definition) is 2. The molecule has 0 saturated carbocycles. The lowest BCUT2D eigenvalue weighted by molar-refractivity contribution is -0.122. The number of nitrogens with one attached hydrogen (secondary N) is 1. The summed E-state index contributed by atoms with van der Waals surface area (Å²) in [5, 5.41) is 2.89. The molecule has 2 amide bonds. The molecule has 1 atom stereocenters. The fourth-order valence-electron chi connectivity index (χ4n) is 3.84. The van der Waals surface area contributed by atoms with Crippen LogP contribution in [0.4, 0.5) is 5.69 Å². The first-order chi connectivity index (χ1) is 15.9. The van der Waals surface area contributed by atoms with Crippen LogP contribution in [0.15, 0.2) is 48.5 Å². The number of amides is 2. The van der Waals surface area contributed by atoms with Crippen molar-refractivity contribution in [3.8, 4) is 11.5 Å². The van der Waals surface area contributed by atoms with E-state index >= 15 is 0 Å². The number of likely N-dealkylation sites (tertiary alicyclic amines) is 1. The third kappa shape index (κ3) is 7.08. The second-order valence-corrected chi connectivity index (χ2v) is 8.67. The van der Waals surface area contributed by atoms with Crippen molar-refractivity contribution in [2.75, 3.05) is 25.6 Å². The summed E-state index contributed by atoms with van der Waals surface area (Å²) in [7, 11) is 1.60. The van der Waals surface area contributed by atoms with Crippen molar-refractivity contribution in [1.82, 2.24) is 4.90 Å². The van der Waals surface area contributed by atoms with Gasteiger partial charge in [-0.3, -0.25) is 14.5 Å². The Morgan fingerprint density at radius 2 is 2.03 bits per heavy atom. The fraction of sp³-hybridized carbons (Fsp3) is 0.385. The highest BCUT2D eigenvalue weighted by Gasteiger charge is 2.28. The Bertz CT molecular complexity index is 1000. The molecule has 1 fully saturated rings. The van der Waals surface area contributed by atoms with Crippen LogP contribution in [0.25, 0.3) is 6.08 Å². The van der Waals surface area contributed by atoms with E-state index in [2.05, 4.69) is 24.1 Å². The molecule has 33 heavy (non-hydrogen) atoms. The lowest BCUT2D eigenvalue weighted by atomic mass is 10.1. The third-order valence-electron chi connectivity index (χ3n) is 5.46. The number of carbonyl (C=O) groups excluding carboxylic acids is 2. The first-order valence-electron chi connectivity index (χ1n) is 11.3. The first-order valence-corrected chi connectivity index (χ1v) is 11.3. The Balaban J connectivity index is 1.60. The summed E-state index contributed by atoms with van der Waals surface area (Å²) in [6.07, 6.45) is 4.98. The van der Waals surface area contributed by atoms with Gasteiger partial charge in [-0.05, 0) is 66.8 Å². The van der Waals surface area contributed by atoms with Crippen LogP contribution in [0.3, 0.4) is 0 Å². The molecule has 0 spiro atoms. The highest BCUT2D eigenvalue weighted by Crippen LogP contribution is 2.29. The van der Waals surface area contributed by atoms with Gasteiger partial charge in [0.05, 0.1) is 19.8 Å². The number of benzene rings is 2. The third-order valence-corrected chi connectivity index (χ3v) is 5.46. The van der Waals surface area contributed by atoms with Crippen molar-refractivity contribution >= 4 is 23.6 Å². The van der Waals surface area contributed by atoms with E-state index in [-0.39, 0.29) is 17.9 Å². The summed E-state index contributed by atoms with van der Waals surface area (Å²) >= 11 is 0. The van der Waals surface area contributed by atoms with Gasteiger partial charge in [0.2, 0.25) is 11.8 Å². The number of ether oxygens (including phenoxy) is 2. The zero-order chi connectivity index (χ0) is 23.8. The van der Waals surface area contributed by atoms with Gasteiger partial charge >= 0.3 is 0 Å². The number of carbonyl (C=O) groups is 2. The van der Waals surface area contributed by atoms with Crippen molar-refractivity contribution in [3.63, 3.8) is 0 Å². The van der Waals surface area contributed by atoms with E-state index in [1.807, 2.05) is 42.5 Å². The maximum absolute atomic E-state index is 12.5. The molecule has 0 aromatic heterocycles. The average molecular weight is 452 g/mol. The van der Waals surface area contributed by atoms with Crippen LogP contribution in [0, 0.1) is 5.92 Å². The molecule has 1 heterocycles. The minimum Gasteiger partial charge on any atom is -0.493 e. The van der Waals surface area contributed by atoms with Gasteiger partial charge in [0.15, 0.2) is 11.5 Å². The van der Waals surface area contributed by atoms with E-state index in [0.29, 0.717) is 36.3 Å². The van der Waals surface area contributed by atoms with Gasteiger partial charge in [-0.2, -0.15) is 0 Å². The largest absolute Gasteiger partial charge is 0.493 e. The molecule has 7 nitrogen and oxygen atoms in total. The van der Waals surface area contributed by atoms with Gasteiger partial charge in [-0.25, -0.2) is 0 Å². The normalized spacial score (nSPS) is 16.3. The SMILES string of the molecule is COc1cc(C=CC(=O)Nc2cccc(CN3CCCC3C(N)=O)c2)ccc1OCC(C)C. The van der Waals surface area contributed by atoms with Gasteiger partial charge in [0, 0.05) is 18.3 Å². The van der Waals surface area contributed by atoms with Crippen LogP contribution in [0.2, 0.25) is 0 Å². The predicted molar refractivity (Wildman–Crippen MR) is 130 cm³/mol. The lowest BCUT2D eigenvalue weighted by Crippen LogP contribution is -2.39. The minimum absolute atomic E-state index is 0.217. The second kappa shape index (κ2) is 11.5. The summed E-state index contributed by atoms with van der Waals surface area (Å²) in [5.41, 5.74) is 8.07. The Labute approximate surface area is 195 Å². The Morgan fingerprint density at radius 1 is 1.21 bits per heavy atom. The van der Waals surface area contributed by atoms with E-state index in [1.54, 1.807) is 13.2 Å². The van der Waals surface area contributed by atoms with E-state index in [4.69, 9.17) is 15.2 Å². The maximum atomic E-state index is 12.5. The smallest absolute Gasteiger partial charge is 0.248 e. The number of nitrogens with zero attached hydrogens (tertiary/aromatic N) is 1. The topological polar surface area (TPSA) is 93.9 Å². The molecule has 1 unspecified atom stereocenters. The zero-order valence-corrected chi connectivity index (χ0v) is 19.5. The summed E-state index contributed by atoms with van der Waals surface area (Å²) in [5.74, 6) is 1.21. The van der Waals surface area contributed by atoms with E-state index in [1.165, 1.54) is 6.08 Å². The molecule has 3 rings (SSSR count). The Morgan fingerprint density at radius 3 is 2.76 bits per heavy atom. The van der Waals surface area contributed by atoms with Crippen LogP contribution >= 0.6 is 0 Å². The number of rotatable bonds is 10. The molecule has 1 aliphatic heterocycles. The molecule has 2 aromatic carbocycles. The standard InChI is InChI=1S/C26H33N3O4/c1-18(2)17-33-23-11-9-19(15-24(23)32-3)10-12-25(30)28-21-7-4-6-20(14-21)16-29-13-5-8-22(29)26(27)31/h4,6-7,9-12,14-15,18,22H,5,8,13,16-17H2,1-3H3,(H2,27,31)(H,28,30). The van der Waals surface area contributed by atoms with Gasteiger partial charge < -0.3 is 20.5 Å². The molecular formula is C26H33N3O4. The van der Waals surface area contributed by atoms with Crippen LogP contribution in [0.5, 0.6) is 11.5 Å². The quantitative estimate of drug-likeness (QED) is 0.536. The molecule has 0 bridgehead atoms. The summed E-state index contributed by atoms with van der Waals surface area (Å²) in [6.45, 7) is 6.24. The first kappa shape index (κ1) is 24.3. The molecule has 0 aliphatic carbocycles. The monoisotopic (exact) mass is 451 g/mol. The van der Waals surface area contributed by atoms with Crippen LogP contribution in [0.1, 0.15) is 37.8 Å². The molecule has 3 N–H and O–H groups in total. The van der Waals surface area contributed by atoms with Gasteiger partial charge in [-0.15, -0.1) is 0 Å². The molecule has 7 heteroatoms. The number of nitrogens with two attached hydrogens (primary N) is 1. The van der Waals surface area contributed by atoms with Gasteiger partial charge in [-0.1, -0.05) is 32.0 Å². The van der Waals surface area contributed by atoms with Crippen LogP contribution in [-0.4, -0.2) is 43.0 Å². The van der Waals surface area contributed by atoms with Crippen LogP contribution in [-0.2, 0) is 16.1 Å². The Kier molecular flexibility index (Phi) is 8.49. The molecule has 176 valence electrons. The predicted octanol–water partition coefficient (Wildman–Crippen LogP) is 3.83. The van der Waals surface area contributed by atoms with Crippen molar-refractivity contribution in [1.29, 1.82) is 0 Å². The van der Waals surface area contributed by atoms with E-state index in [0.717, 1.165) is 30.5 Å².